The summed E-state index contributed by atoms with van der Waals surface area (Å²) in [6, 6.07) is 2.03. The molecule has 10 nitrogen and oxygen atoms in total. The second-order valence-electron chi connectivity index (χ2n) is 8.98. The molecule has 0 aromatic heterocycles. The number of benzene rings is 1. The second kappa shape index (κ2) is 7.60. The van der Waals surface area contributed by atoms with E-state index in [9.17, 15) is 34.8 Å². The highest BCUT2D eigenvalue weighted by atomic mass is 16.3. The van der Waals surface area contributed by atoms with Gasteiger partial charge in [-0.1, -0.05) is 0 Å². The van der Waals surface area contributed by atoms with Gasteiger partial charge >= 0.3 is 0 Å². The minimum Gasteiger partial charge on any atom is -0.510 e. The molecule has 0 bridgehead atoms. The molecule has 3 aliphatic rings. The Morgan fingerprint density at radius 3 is 2.48 bits per heavy atom. The highest BCUT2D eigenvalue weighted by Crippen LogP contribution is 2.52. The number of aromatic hydroxyl groups is 1. The van der Waals surface area contributed by atoms with Crippen LogP contribution >= 0.6 is 0 Å². The fourth-order valence-corrected chi connectivity index (χ4v) is 5.61. The lowest BCUT2D eigenvalue weighted by Crippen LogP contribution is -2.63. The van der Waals surface area contributed by atoms with E-state index in [1.165, 1.54) is 11.0 Å². The number of anilines is 1. The zero-order valence-corrected chi connectivity index (χ0v) is 18.5. The van der Waals surface area contributed by atoms with Gasteiger partial charge in [0.2, 0.25) is 5.78 Å². The Hall–Kier alpha value is -3.37. The molecule has 1 aromatic carbocycles. The maximum atomic E-state index is 13.5. The minimum absolute atomic E-state index is 0.00534. The molecular weight excluding hydrogens is 430 g/mol. The average molecular weight is 457 g/mol. The van der Waals surface area contributed by atoms with E-state index >= 15 is 0 Å². The van der Waals surface area contributed by atoms with Crippen LogP contribution in [0.25, 0.3) is 0 Å². The van der Waals surface area contributed by atoms with Gasteiger partial charge in [-0.25, -0.2) is 0 Å². The summed E-state index contributed by atoms with van der Waals surface area (Å²) in [6.07, 6.45) is 0.318. The van der Waals surface area contributed by atoms with Crippen molar-refractivity contribution in [1.29, 1.82) is 0 Å². The molecule has 0 saturated heterocycles. The second-order valence-corrected chi connectivity index (χ2v) is 8.98. The summed E-state index contributed by atoms with van der Waals surface area (Å²) in [5.41, 5.74) is 2.94. The molecular formula is C23H27N3O7. The number of likely N-dealkylation sites (N-methyl/N-ethyl adjacent to an activating group) is 1. The summed E-state index contributed by atoms with van der Waals surface area (Å²) >= 11 is 0. The van der Waals surface area contributed by atoms with Crippen molar-refractivity contribution < 1.29 is 34.8 Å². The number of rotatable bonds is 4. The molecule has 0 aliphatic heterocycles. The summed E-state index contributed by atoms with van der Waals surface area (Å²) in [5, 5.41) is 47.0. The van der Waals surface area contributed by atoms with E-state index in [0.717, 1.165) is 0 Å². The number of amides is 1. The first-order valence-electron chi connectivity index (χ1n) is 10.7. The molecule has 33 heavy (non-hydrogen) atoms. The Balaban J connectivity index is 1.96. The standard InChI is InChI=1S/C23H27N3O7/c1-4-25-12-5-6-13(27)15-10(12)7-9-8-11-17(26(2)3)19(29)16(22(24)32)21(31)23(11,33)20(30)14(9)18(15)28/h5-6,9,11,17,25,27,29-30,33H,4,7-8H2,1-3H3,(H2,24,32)/t9?,11?,17-,23?/m0/s1. The molecule has 0 fully saturated rings. The van der Waals surface area contributed by atoms with Gasteiger partial charge < -0.3 is 31.5 Å². The molecule has 0 spiro atoms. The minimum atomic E-state index is -2.63. The van der Waals surface area contributed by atoms with Gasteiger partial charge in [0.25, 0.3) is 5.91 Å². The third-order valence-corrected chi connectivity index (χ3v) is 6.97. The number of primary amides is 1. The zero-order valence-electron chi connectivity index (χ0n) is 18.5. The molecule has 4 atom stereocenters. The molecule has 1 amide bonds. The van der Waals surface area contributed by atoms with E-state index in [1.807, 2.05) is 6.92 Å². The van der Waals surface area contributed by atoms with Crippen LogP contribution in [-0.2, 0) is 16.0 Å². The summed E-state index contributed by atoms with van der Waals surface area (Å²) in [5.74, 6) is -6.54. The van der Waals surface area contributed by atoms with Crippen molar-refractivity contribution in [2.45, 2.75) is 31.4 Å². The van der Waals surface area contributed by atoms with E-state index in [1.54, 1.807) is 20.2 Å². The monoisotopic (exact) mass is 457 g/mol. The largest absolute Gasteiger partial charge is 0.510 e. The summed E-state index contributed by atoms with van der Waals surface area (Å²) in [6.45, 7) is 2.47. The number of carbonyl (C=O) groups is 3. The van der Waals surface area contributed by atoms with Crippen LogP contribution in [0.4, 0.5) is 5.69 Å². The van der Waals surface area contributed by atoms with Crippen molar-refractivity contribution in [2.24, 2.45) is 17.6 Å². The predicted molar refractivity (Wildman–Crippen MR) is 118 cm³/mol. The van der Waals surface area contributed by atoms with Crippen LogP contribution in [0.5, 0.6) is 5.75 Å². The predicted octanol–water partition coefficient (Wildman–Crippen LogP) is 0.552. The average Bonchev–Trinajstić information content (AvgIpc) is 2.72. The van der Waals surface area contributed by atoms with Crippen molar-refractivity contribution in [3.05, 3.63) is 45.9 Å². The Morgan fingerprint density at radius 1 is 1.24 bits per heavy atom. The molecule has 3 unspecified atom stereocenters. The van der Waals surface area contributed by atoms with Gasteiger partial charge in [-0.3, -0.25) is 19.3 Å². The summed E-state index contributed by atoms with van der Waals surface area (Å²) in [4.78, 5) is 40.1. The zero-order chi connectivity index (χ0) is 24.4. The number of Topliss-reactive ketones (excluding diaryl/α,β-unsaturated/α-hetero) is 2. The molecule has 176 valence electrons. The van der Waals surface area contributed by atoms with Gasteiger partial charge in [0.1, 0.15) is 22.8 Å². The molecule has 3 aliphatic carbocycles. The Kier molecular flexibility index (Phi) is 5.25. The van der Waals surface area contributed by atoms with E-state index in [0.29, 0.717) is 17.8 Å². The van der Waals surface area contributed by atoms with Crippen LogP contribution in [0, 0.1) is 11.8 Å². The molecule has 1 aromatic rings. The lowest BCUT2D eigenvalue weighted by atomic mass is 9.58. The fourth-order valence-electron chi connectivity index (χ4n) is 5.61. The highest BCUT2D eigenvalue weighted by Gasteiger charge is 2.63. The number of hydrogen-bond acceptors (Lipinski definition) is 9. The van der Waals surface area contributed by atoms with Crippen LogP contribution in [-0.4, -0.2) is 75.1 Å². The highest BCUT2D eigenvalue weighted by molar-refractivity contribution is 6.24. The van der Waals surface area contributed by atoms with Gasteiger partial charge in [-0.2, -0.15) is 0 Å². The molecule has 0 heterocycles. The van der Waals surface area contributed by atoms with Gasteiger partial charge in [-0.05, 0) is 57.5 Å². The smallest absolute Gasteiger partial charge is 0.255 e. The number of aliphatic hydroxyl groups is 3. The number of allylic oxidation sites excluding steroid dienone is 1. The van der Waals surface area contributed by atoms with Crippen molar-refractivity contribution in [3.63, 3.8) is 0 Å². The normalized spacial score (nSPS) is 29.1. The van der Waals surface area contributed by atoms with Crippen molar-refractivity contribution in [2.75, 3.05) is 26.0 Å². The number of ketones is 2. The third kappa shape index (κ3) is 2.97. The van der Waals surface area contributed by atoms with E-state index in [-0.39, 0.29) is 29.7 Å². The van der Waals surface area contributed by atoms with E-state index in [4.69, 9.17) is 5.73 Å². The molecule has 10 heteroatoms. The van der Waals surface area contributed by atoms with Gasteiger partial charge in [0.15, 0.2) is 11.4 Å². The van der Waals surface area contributed by atoms with Crippen LogP contribution in [0.1, 0.15) is 29.3 Å². The van der Waals surface area contributed by atoms with E-state index < -0.39 is 58.0 Å². The molecule has 0 saturated carbocycles. The van der Waals surface area contributed by atoms with Crippen LogP contribution < -0.4 is 11.1 Å². The van der Waals surface area contributed by atoms with Crippen LogP contribution in [0.2, 0.25) is 0 Å². The maximum absolute atomic E-state index is 13.5. The van der Waals surface area contributed by atoms with Gasteiger partial charge in [0.05, 0.1) is 11.6 Å². The number of nitrogens with two attached hydrogens (primary N) is 1. The van der Waals surface area contributed by atoms with Crippen molar-refractivity contribution in [1.82, 2.24) is 4.90 Å². The van der Waals surface area contributed by atoms with Crippen LogP contribution in [0.15, 0.2) is 34.8 Å². The van der Waals surface area contributed by atoms with Crippen molar-refractivity contribution >= 4 is 23.2 Å². The lowest BCUT2D eigenvalue weighted by molar-refractivity contribution is -0.148. The van der Waals surface area contributed by atoms with E-state index in [2.05, 4.69) is 5.32 Å². The number of carbonyl (C=O) groups excluding carboxylic acids is 3. The molecule has 7 N–H and O–H groups in total. The first-order chi connectivity index (χ1) is 15.5. The number of nitrogens with zero attached hydrogens (tertiary/aromatic N) is 1. The molecule has 4 rings (SSSR count). The first kappa shape index (κ1) is 22.8. The maximum Gasteiger partial charge on any atom is 0.255 e. The van der Waals surface area contributed by atoms with Gasteiger partial charge in [0, 0.05) is 23.7 Å². The molecule has 0 radical (unpaired) electrons. The summed E-state index contributed by atoms with van der Waals surface area (Å²) in [7, 11) is 3.18. The topological polar surface area (TPSA) is 173 Å². The van der Waals surface area contributed by atoms with Crippen LogP contribution in [0.3, 0.4) is 0 Å². The lowest BCUT2D eigenvalue weighted by Gasteiger charge is -2.50. The summed E-state index contributed by atoms with van der Waals surface area (Å²) < 4.78 is 0. The van der Waals surface area contributed by atoms with Gasteiger partial charge in [-0.15, -0.1) is 0 Å². The number of aliphatic hydroxyl groups excluding tert-OH is 2. The fraction of sp³-hybridized carbons (Fsp3) is 0.435. The SMILES string of the molecule is CCNc1ccc(O)c2c1CC1CC3[C@H](N(C)C)C(O)=C(C(N)=O)C(=O)C3(O)C(O)=C1C2=O. The number of fused-ring (bicyclic) bond motifs is 3. The number of phenols is 1. The Bertz CT molecular complexity index is 1150. The number of nitrogens with one attached hydrogen (secondary N) is 1. The number of phenolic OH excluding ortho intramolecular Hbond substituents is 1. The Morgan fingerprint density at radius 2 is 1.91 bits per heavy atom. The van der Waals surface area contributed by atoms with Crippen molar-refractivity contribution in [3.8, 4) is 5.75 Å². The third-order valence-electron chi connectivity index (χ3n) is 6.97. The quantitative estimate of drug-likeness (QED) is 0.279. The number of hydrogen-bond donors (Lipinski definition) is 6. The first-order valence-corrected chi connectivity index (χ1v) is 10.7. The Labute approximate surface area is 190 Å².